The number of nitrogens with one attached hydrogen (secondary N) is 2. The predicted octanol–water partition coefficient (Wildman–Crippen LogP) is 3.41. The van der Waals surface area contributed by atoms with E-state index in [1.54, 1.807) is 57.2 Å². The lowest BCUT2D eigenvalue weighted by molar-refractivity contribution is 0.102. The van der Waals surface area contributed by atoms with E-state index in [0.29, 0.717) is 23.6 Å². The Labute approximate surface area is 154 Å². The quantitative estimate of drug-likeness (QED) is 0.809. The van der Waals surface area contributed by atoms with Gasteiger partial charge in [0.1, 0.15) is 5.75 Å². The SMILES string of the molecule is CCOc1ccc(C(=O)Nc2ccc(S(=O)(=O)NC(C)(C)C)cc2)cc1. The fourth-order valence-electron chi connectivity index (χ4n) is 2.25. The van der Waals surface area contributed by atoms with Crippen LogP contribution < -0.4 is 14.8 Å². The molecule has 0 aromatic heterocycles. The van der Waals surface area contributed by atoms with Gasteiger partial charge in [-0.2, -0.15) is 0 Å². The van der Waals surface area contributed by atoms with E-state index in [2.05, 4.69) is 10.0 Å². The number of ether oxygens (including phenoxy) is 1. The maximum absolute atomic E-state index is 12.3. The van der Waals surface area contributed by atoms with Gasteiger partial charge in [0.25, 0.3) is 5.91 Å². The summed E-state index contributed by atoms with van der Waals surface area (Å²) in [6.07, 6.45) is 0. The first kappa shape index (κ1) is 19.9. The molecule has 0 heterocycles. The second-order valence-electron chi connectivity index (χ2n) is 6.79. The molecule has 2 N–H and O–H groups in total. The van der Waals surface area contributed by atoms with Crippen LogP contribution in [0, 0.1) is 0 Å². The van der Waals surface area contributed by atoms with Gasteiger partial charge < -0.3 is 10.1 Å². The van der Waals surface area contributed by atoms with Gasteiger partial charge in [-0.25, -0.2) is 13.1 Å². The molecule has 0 saturated heterocycles. The van der Waals surface area contributed by atoms with Crippen LogP contribution in [0.3, 0.4) is 0 Å². The molecule has 26 heavy (non-hydrogen) atoms. The monoisotopic (exact) mass is 376 g/mol. The molecule has 0 aliphatic carbocycles. The highest BCUT2D eigenvalue weighted by atomic mass is 32.2. The largest absolute Gasteiger partial charge is 0.494 e. The number of hydrogen-bond acceptors (Lipinski definition) is 4. The van der Waals surface area contributed by atoms with Gasteiger partial charge in [0.15, 0.2) is 0 Å². The fourth-order valence-corrected chi connectivity index (χ4v) is 3.67. The normalized spacial score (nSPS) is 11.8. The molecule has 0 atom stereocenters. The number of anilines is 1. The van der Waals surface area contributed by atoms with Crippen LogP contribution in [-0.4, -0.2) is 26.5 Å². The zero-order valence-corrected chi connectivity index (χ0v) is 16.2. The standard InChI is InChI=1S/C19H24N2O4S/c1-5-25-16-10-6-14(7-11-16)18(22)20-15-8-12-17(13-9-15)26(23,24)21-19(2,3)4/h6-13,21H,5H2,1-4H3,(H,20,22). The maximum atomic E-state index is 12.3. The van der Waals surface area contributed by atoms with E-state index in [1.807, 2.05) is 6.92 Å². The number of hydrogen-bond donors (Lipinski definition) is 2. The average Bonchev–Trinajstić information content (AvgIpc) is 2.54. The summed E-state index contributed by atoms with van der Waals surface area (Å²) < 4.78 is 32.5. The summed E-state index contributed by atoms with van der Waals surface area (Å²) >= 11 is 0. The van der Waals surface area contributed by atoms with Crippen molar-refractivity contribution in [3.8, 4) is 5.75 Å². The molecular formula is C19H24N2O4S. The van der Waals surface area contributed by atoms with Gasteiger partial charge in [0, 0.05) is 16.8 Å². The lowest BCUT2D eigenvalue weighted by Crippen LogP contribution is -2.40. The lowest BCUT2D eigenvalue weighted by Gasteiger charge is -2.20. The van der Waals surface area contributed by atoms with Crippen LogP contribution in [0.25, 0.3) is 0 Å². The van der Waals surface area contributed by atoms with Gasteiger partial charge in [-0.3, -0.25) is 4.79 Å². The van der Waals surface area contributed by atoms with Gasteiger partial charge in [-0.1, -0.05) is 0 Å². The van der Waals surface area contributed by atoms with Gasteiger partial charge in [-0.15, -0.1) is 0 Å². The van der Waals surface area contributed by atoms with Crippen LogP contribution >= 0.6 is 0 Å². The number of benzene rings is 2. The van der Waals surface area contributed by atoms with Crippen molar-refractivity contribution < 1.29 is 17.9 Å². The topological polar surface area (TPSA) is 84.5 Å². The summed E-state index contributed by atoms with van der Waals surface area (Å²) in [7, 11) is -3.60. The van der Waals surface area contributed by atoms with Crippen molar-refractivity contribution >= 4 is 21.6 Å². The summed E-state index contributed by atoms with van der Waals surface area (Å²) in [4.78, 5) is 12.4. The molecule has 0 saturated carbocycles. The Balaban J connectivity index is 2.08. The molecule has 7 heteroatoms. The molecule has 6 nitrogen and oxygen atoms in total. The Morgan fingerprint density at radius 2 is 1.58 bits per heavy atom. The summed E-state index contributed by atoms with van der Waals surface area (Å²) in [5.41, 5.74) is 0.428. The predicted molar refractivity (Wildman–Crippen MR) is 102 cm³/mol. The molecule has 140 valence electrons. The molecule has 0 spiro atoms. The number of carbonyl (C=O) groups is 1. The molecule has 2 aromatic rings. The van der Waals surface area contributed by atoms with Crippen LogP contribution in [0.1, 0.15) is 38.1 Å². The van der Waals surface area contributed by atoms with Crippen LogP contribution in [-0.2, 0) is 10.0 Å². The highest BCUT2D eigenvalue weighted by Gasteiger charge is 2.21. The lowest BCUT2D eigenvalue weighted by atomic mass is 10.1. The van der Waals surface area contributed by atoms with Gasteiger partial charge in [0.2, 0.25) is 10.0 Å². The zero-order valence-electron chi connectivity index (χ0n) is 15.4. The maximum Gasteiger partial charge on any atom is 0.255 e. The van der Waals surface area contributed by atoms with E-state index >= 15 is 0 Å². The van der Waals surface area contributed by atoms with Crippen molar-refractivity contribution in [2.45, 2.75) is 38.1 Å². The second kappa shape index (κ2) is 7.88. The zero-order chi connectivity index (χ0) is 19.4. The third-order valence-electron chi connectivity index (χ3n) is 3.29. The first-order valence-corrected chi connectivity index (χ1v) is 9.77. The molecule has 2 aromatic carbocycles. The Bertz CT molecular complexity index is 852. The van der Waals surface area contributed by atoms with Crippen LogP contribution in [0.2, 0.25) is 0 Å². The van der Waals surface area contributed by atoms with Crippen molar-refractivity contribution in [1.82, 2.24) is 4.72 Å². The third-order valence-corrected chi connectivity index (χ3v) is 5.06. The van der Waals surface area contributed by atoms with Crippen molar-refractivity contribution in [3.05, 3.63) is 54.1 Å². The molecule has 0 unspecified atom stereocenters. The summed E-state index contributed by atoms with van der Waals surface area (Å²) in [5, 5.41) is 2.74. The Kier molecular flexibility index (Phi) is 6.05. The molecular weight excluding hydrogens is 352 g/mol. The van der Waals surface area contributed by atoms with Crippen LogP contribution in [0.5, 0.6) is 5.75 Å². The van der Waals surface area contributed by atoms with Gasteiger partial charge in [-0.05, 0) is 76.2 Å². The summed E-state index contributed by atoms with van der Waals surface area (Å²) in [6.45, 7) is 7.77. The van der Waals surface area contributed by atoms with Crippen LogP contribution in [0.15, 0.2) is 53.4 Å². The molecule has 2 rings (SSSR count). The van der Waals surface area contributed by atoms with Gasteiger partial charge in [0.05, 0.1) is 11.5 Å². The van der Waals surface area contributed by atoms with E-state index in [0.717, 1.165) is 0 Å². The summed E-state index contributed by atoms with van der Waals surface area (Å²) in [6, 6.07) is 12.8. The van der Waals surface area contributed by atoms with Crippen molar-refractivity contribution in [1.29, 1.82) is 0 Å². The molecule has 1 amide bonds. The summed E-state index contributed by atoms with van der Waals surface area (Å²) in [5.74, 6) is 0.418. The van der Waals surface area contributed by atoms with Crippen LogP contribution in [0.4, 0.5) is 5.69 Å². The Hall–Kier alpha value is -2.38. The minimum atomic E-state index is -3.60. The van der Waals surface area contributed by atoms with Crippen molar-refractivity contribution in [2.24, 2.45) is 0 Å². The van der Waals surface area contributed by atoms with E-state index in [9.17, 15) is 13.2 Å². The Morgan fingerprint density at radius 3 is 2.08 bits per heavy atom. The highest BCUT2D eigenvalue weighted by molar-refractivity contribution is 7.89. The van der Waals surface area contributed by atoms with E-state index in [4.69, 9.17) is 4.74 Å². The average molecular weight is 376 g/mol. The molecule has 0 aliphatic rings. The number of carbonyl (C=O) groups excluding carboxylic acids is 1. The molecule has 0 fully saturated rings. The van der Waals surface area contributed by atoms with E-state index < -0.39 is 15.6 Å². The van der Waals surface area contributed by atoms with E-state index in [-0.39, 0.29) is 10.8 Å². The highest BCUT2D eigenvalue weighted by Crippen LogP contribution is 2.18. The van der Waals surface area contributed by atoms with Crippen molar-refractivity contribution in [3.63, 3.8) is 0 Å². The molecule has 0 radical (unpaired) electrons. The van der Waals surface area contributed by atoms with Crippen molar-refractivity contribution in [2.75, 3.05) is 11.9 Å². The smallest absolute Gasteiger partial charge is 0.255 e. The minimum absolute atomic E-state index is 0.145. The van der Waals surface area contributed by atoms with Gasteiger partial charge >= 0.3 is 0 Å². The Morgan fingerprint density at radius 1 is 1.00 bits per heavy atom. The number of rotatable bonds is 6. The number of amides is 1. The van der Waals surface area contributed by atoms with E-state index in [1.165, 1.54) is 12.1 Å². The molecule has 0 bridgehead atoms. The molecule has 0 aliphatic heterocycles. The minimum Gasteiger partial charge on any atom is -0.494 e. The first-order chi connectivity index (χ1) is 12.1. The number of sulfonamides is 1. The second-order valence-corrected chi connectivity index (χ2v) is 8.47. The first-order valence-electron chi connectivity index (χ1n) is 8.29. The fraction of sp³-hybridized carbons (Fsp3) is 0.316. The third kappa shape index (κ3) is 5.57.